The van der Waals surface area contributed by atoms with Crippen LogP contribution in [0.3, 0.4) is 0 Å². The first-order chi connectivity index (χ1) is 11.4. The minimum Gasteiger partial charge on any atom is -0.291 e. The zero-order valence-corrected chi connectivity index (χ0v) is 13.1. The van der Waals surface area contributed by atoms with Gasteiger partial charge in [0.05, 0.1) is 5.69 Å². The number of aromatic nitrogens is 2. The van der Waals surface area contributed by atoms with E-state index in [1.54, 1.807) is 0 Å². The van der Waals surface area contributed by atoms with E-state index in [1.165, 1.54) is 0 Å². The quantitative estimate of drug-likeness (QED) is 0.758. The molecule has 0 fully saturated rings. The Balaban J connectivity index is 2.86. The Hall–Kier alpha value is -2.23. The van der Waals surface area contributed by atoms with Gasteiger partial charge in [0.15, 0.2) is 0 Å². The monoisotopic (exact) mass is 386 g/mol. The van der Waals surface area contributed by atoms with Crippen LogP contribution in [0.25, 0.3) is 5.69 Å². The largest absolute Gasteiger partial charge is 0.459 e. The Kier molecular flexibility index (Phi) is 4.77. The Morgan fingerprint density at radius 1 is 1.08 bits per heavy atom. The van der Waals surface area contributed by atoms with Gasteiger partial charge in [0.2, 0.25) is 0 Å². The molecule has 0 aliphatic carbocycles. The lowest BCUT2D eigenvalue weighted by atomic mass is 10.2. The van der Waals surface area contributed by atoms with Crippen molar-refractivity contribution < 1.29 is 26.3 Å². The van der Waals surface area contributed by atoms with Crippen molar-refractivity contribution in [1.82, 2.24) is 9.13 Å². The molecule has 1 aromatic heterocycles. The van der Waals surface area contributed by atoms with Gasteiger partial charge in [-0.15, -0.1) is 0 Å². The normalized spacial score (nSPS) is 12.5. The molecule has 0 radical (unpaired) electrons. The van der Waals surface area contributed by atoms with Crippen molar-refractivity contribution in [3.05, 3.63) is 61.6 Å². The molecule has 11 heteroatoms. The van der Waals surface area contributed by atoms with Gasteiger partial charge in [0.1, 0.15) is 11.5 Å². The van der Waals surface area contributed by atoms with Crippen molar-refractivity contribution in [1.29, 1.82) is 0 Å². The number of rotatable bonds is 3. The maximum absolute atomic E-state index is 13.9. The molecule has 0 saturated heterocycles. The summed E-state index contributed by atoms with van der Waals surface area (Å²) in [6.45, 7) is 0.527. The fourth-order valence-electron chi connectivity index (χ4n) is 2.17. The van der Waals surface area contributed by atoms with Crippen molar-refractivity contribution in [3.8, 4) is 5.69 Å². The smallest absolute Gasteiger partial charge is 0.291 e. The Bertz CT molecular complexity index is 932. The van der Waals surface area contributed by atoms with E-state index in [0.29, 0.717) is 0 Å². The molecule has 1 aromatic carbocycles. The van der Waals surface area contributed by atoms with Gasteiger partial charge < -0.3 is 0 Å². The van der Waals surface area contributed by atoms with Gasteiger partial charge in [-0.25, -0.2) is 13.8 Å². The lowest BCUT2D eigenvalue weighted by Gasteiger charge is -2.23. The Labute approximate surface area is 140 Å². The van der Waals surface area contributed by atoms with Crippen molar-refractivity contribution in [2.75, 3.05) is 0 Å². The maximum Gasteiger partial charge on any atom is 0.459 e. The van der Waals surface area contributed by atoms with Gasteiger partial charge in [-0.3, -0.25) is 9.36 Å². The Morgan fingerprint density at radius 2 is 1.68 bits per heavy atom. The van der Waals surface area contributed by atoms with E-state index in [0.717, 1.165) is 25.1 Å². The van der Waals surface area contributed by atoms with Crippen molar-refractivity contribution in [2.24, 2.45) is 0 Å². The molecule has 25 heavy (non-hydrogen) atoms. The molecule has 0 aliphatic rings. The first-order valence-electron chi connectivity index (χ1n) is 6.69. The molecule has 2 rings (SSSR count). The molecule has 0 aliphatic heterocycles. The van der Waals surface area contributed by atoms with Gasteiger partial charge in [-0.2, -0.15) is 22.0 Å². The van der Waals surface area contributed by atoms with Crippen LogP contribution in [0.15, 0.2) is 33.9 Å². The molecule has 0 atom stereocenters. The van der Waals surface area contributed by atoms with Crippen LogP contribution < -0.4 is 11.2 Å². The van der Waals surface area contributed by atoms with E-state index in [4.69, 9.17) is 11.6 Å². The molecule has 0 saturated carbocycles. The first-order valence-corrected chi connectivity index (χ1v) is 7.07. The van der Waals surface area contributed by atoms with E-state index in [-0.39, 0.29) is 20.2 Å². The van der Waals surface area contributed by atoms with Crippen LogP contribution >= 0.6 is 11.6 Å². The molecular weight excluding hydrogens is 378 g/mol. The fourth-order valence-corrected chi connectivity index (χ4v) is 2.33. The topological polar surface area (TPSA) is 44.0 Å². The number of alkyl halides is 5. The maximum atomic E-state index is 13.9. The van der Waals surface area contributed by atoms with Gasteiger partial charge >= 0.3 is 17.8 Å². The number of benzene rings is 1. The van der Waals surface area contributed by atoms with Crippen LogP contribution in [0.5, 0.6) is 0 Å². The van der Waals surface area contributed by atoms with Crippen LogP contribution in [-0.2, 0) is 12.5 Å². The lowest BCUT2D eigenvalue weighted by Crippen LogP contribution is -2.46. The summed E-state index contributed by atoms with van der Waals surface area (Å²) < 4.78 is 79.1. The van der Waals surface area contributed by atoms with Gasteiger partial charge in [0.25, 0.3) is 5.56 Å². The molecule has 0 amide bonds. The van der Waals surface area contributed by atoms with Crippen LogP contribution in [0, 0.1) is 5.82 Å². The molecule has 4 nitrogen and oxygen atoms in total. The van der Waals surface area contributed by atoms with Gasteiger partial charge in [-0.05, 0) is 25.1 Å². The predicted octanol–water partition coefficient (Wildman–Crippen LogP) is 3.47. The highest BCUT2D eigenvalue weighted by molar-refractivity contribution is 6.30. The van der Waals surface area contributed by atoms with Crippen LogP contribution in [0.4, 0.5) is 26.3 Å². The van der Waals surface area contributed by atoms with Crippen LogP contribution in [-0.4, -0.2) is 15.3 Å². The summed E-state index contributed by atoms with van der Waals surface area (Å²) in [6.07, 6.45) is -6.01. The molecule has 0 spiro atoms. The summed E-state index contributed by atoms with van der Waals surface area (Å²) in [6, 6.07) is 2.78. The summed E-state index contributed by atoms with van der Waals surface area (Å²) in [5.41, 5.74) is -5.50. The summed E-state index contributed by atoms with van der Waals surface area (Å²) in [5, 5.41) is -0.0645. The van der Waals surface area contributed by atoms with E-state index < -0.39 is 47.1 Å². The lowest BCUT2D eigenvalue weighted by molar-refractivity contribution is -0.292. The van der Waals surface area contributed by atoms with Crippen LogP contribution in [0.2, 0.25) is 5.02 Å². The standard InChI is InChI=1S/C14H9ClF6N2O2/c1-2-22-10(13(17,18)14(19,20)21)6-11(24)23(12(22)25)9-4-3-7(15)5-8(9)16/h3-6H,2H2,1H3. The van der Waals surface area contributed by atoms with E-state index >= 15 is 0 Å². The average Bonchev–Trinajstić information content (AvgIpc) is 2.47. The third kappa shape index (κ3) is 3.17. The Morgan fingerprint density at radius 3 is 2.16 bits per heavy atom. The third-order valence-electron chi connectivity index (χ3n) is 3.34. The number of hydrogen-bond donors (Lipinski definition) is 0. The molecule has 0 N–H and O–H groups in total. The number of halogens is 7. The fraction of sp³-hybridized carbons (Fsp3) is 0.286. The van der Waals surface area contributed by atoms with Crippen LogP contribution in [0.1, 0.15) is 12.6 Å². The van der Waals surface area contributed by atoms with E-state index in [2.05, 4.69) is 0 Å². The van der Waals surface area contributed by atoms with Gasteiger partial charge in [0, 0.05) is 17.6 Å². The second-order valence-corrected chi connectivity index (χ2v) is 5.33. The summed E-state index contributed by atoms with van der Waals surface area (Å²) >= 11 is 5.54. The highest BCUT2D eigenvalue weighted by atomic mass is 35.5. The minimum absolute atomic E-state index is 0.0353. The number of nitrogens with zero attached hydrogens (tertiary/aromatic N) is 2. The molecule has 1 heterocycles. The highest BCUT2D eigenvalue weighted by Gasteiger charge is 2.60. The zero-order chi connectivity index (χ0) is 19.2. The zero-order valence-electron chi connectivity index (χ0n) is 12.4. The molecule has 136 valence electrons. The third-order valence-corrected chi connectivity index (χ3v) is 3.57. The van der Waals surface area contributed by atoms with Crippen molar-refractivity contribution in [2.45, 2.75) is 25.6 Å². The summed E-state index contributed by atoms with van der Waals surface area (Å²) in [7, 11) is 0. The molecule has 0 unspecified atom stereocenters. The average molecular weight is 387 g/mol. The second kappa shape index (κ2) is 6.25. The number of hydrogen-bond acceptors (Lipinski definition) is 2. The minimum atomic E-state index is -6.01. The highest BCUT2D eigenvalue weighted by Crippen LogP contribution is 2.43. The van der Waals surface area contributed by atoms with E-state index in [1.807, 2.05) is 0 Å². The van der Waals surface area contributed by atoms with Gasteiger partial charge in [-0.1, -0.05) is 11.6 Å². The predicted molar refractivity (Wildman–Crippen MR) is 76.9 cm³/mol. The first kappa shape index (κ1) is 19.1. The summed E-state index contributed by atoms with van der Waals surface area (Å²) in [4.78, 5) is 24.3. The van der Waals surface area contributed by atoms with E-state index in [9.17, 15) is 35.9 Å². The molecular formula is C14H9ClF6N2O2. The molecule has 2 aromatic rings. The second-order valence-electron chi connectivity index (χ2n) is 4.90. The summed E-state index contributed by atoms with van der Waals surface area (Å²) in [5.74, 6) is -6.55. The van der Waals surface area contributed by atoms with Crippen molar-refractivity contribution in [3.63, 3.8) is 0 Å². The molecule has 0 bridgehead atoms. The van der Waals surface area contributed by atoms with Crippen molar-refractivity contribution >= 4 is 11.6 Å². The SMILES string of the molecule is CCn1c(C(F)(F)C(F)(F)F)cc(=O)n(-c2ccc(Cl)cc2F)c1=O.